The van der Waals surface area contributed by atoms with Gasteiger partial charge in [-0.05, 0) is 48.3 Å². The second-order valence-electron chi connectivity index (χ2n) is 11.1. The Bertz CT molecular complexity index is 1130. The molecule has 0 radical (unpaired) electrons. The van der Waals surface area contributed by atoms with Crippen molar-refractivity contribution in [3.05, 3.63) is 29.6 Å². The van der Waals surface area contributed by atoms with Gasteiger partial charge < -0.3 is 20.2 Å². The highest BCUT2D eigenvalue weighted by Crippen LogP contribution is 2.37. The number of piperidine rings is 1. The van der Waals surface area contributed by atoms with Crippen LogP contribution in [0.5, 0.6) is 0 Å². The lowest BCUT2D eigenvalue weighted by Gasteiger charge is -2.41. The number of carboxylic acids is 1. The predicted octanol–water partition coefficient (Wildman–Crippen LogP) is 6.38. The molecule has 1 amide bonds. The number of amides is 1. The van der Waals surface area contributed by atoms with E-state index in [2.05, 4.69) is 33.4 Å². The molecule has 1 aromatic heterocycles. The molecule has 39 heavy (non-hydrogen) atoms. The number of likely N-dealkylation sites (tertiary alicyclic amines) is 1. The van der Waals surface area contributed by atoms with E-state index >= 15 is 0 Å². The van der Waals surface area contributed by atoms with Gasteiger partial charge in [0.05, 0.1) is 17.8 Å². The number of carboxylic acid groups (broad SMARTS) is 1. The molecule has 1 saturated heterocycles. The first-order valence-corrected chi connectivity index (χ1v) is 14.1. The molecule has 216 valence electrons. The lowest BCUT2D eigenvalue weighted by Crippen LogP contribution is -2.48. The Morgan fingerprint density at radius 2 is 1.79 bits per heavy atom. The summed E-state index contributed by atoms with van der Waals surface area (Å²) in [6.45, 7) is 12.1. The van der Waals surface area contributed by atoms with Crippen molar-refractivity contribution in [1.82, 2.24) is 14.3 Å². The second kappa shape index (κ2) is 13.0. The highest BCUT2D eigenvalue weighted by Gasteiger charge is 2.36. The van der Waals surface area contributed by atoms with Gasteiger partial charge in [-0.2, -0.15) is 22.5 Å². The third-order valence-corrected chi connectivity index (χ3v) is 7.33. The monoisotopic (exact) mass is 569 g/mol. The quantitative estimate of drug-likeness (QED) is 0.324. The highest BCUT2D eigenvalue weighted by atomic mass is 32.1. The lowest BCUT2D eigenvalue weighted by molar-refractivity contribution is -0.144. The summed E-state index contributed by atoms with van der Waals surface area (Å²) in [5.74, 6) is -1.69. The van der Waals surface area contributed by atoms with Gasteiger partial charge in [0.25, 0.3) is 0 Å². The summed E-state index contributed by atoms with van der Waals surface area (Å²) in [7, 11) is 0. The van der Waals surface area contributed by atoms with Gasteiger partial charge >= 0.3 is 12.1 Å². The van der Waals surface area contributed by atoms with Crippen LogP contribution in [0.1, 0.15) is 77.6 Å². The van der Waals surface area contributed by atoms with Crippen LogP contribution in [-0.4, -0.2) is 56.9 Å². The van der Waals surface area contributed by atoms with Crippen LogP contribution in [0.2, 0.25) is 0 Å². The summed E-state index contributed by atoms with van der Waals surface area (Å²) in [5, 5.41) is 12.3. The summed E-state index contributed by atoms with van der Waals surface area (Å²) in [6, 6.07) is 5.70. The van der Waals surface area contributed by atoms with Crippen molar-refractivity contribution >= 4 is 39.9 Å². The first-order chi connectivity index (χ1) is 18.2. The highest BCUT2D eigenvalue weighted by molar-refractivity contribution is 7.09. The molecular formula is C27H38F3N5O3S. The second-order valence-corrected chi connectivity index (χ2v) is 11.8. The number of nitrogens with zero attached hydrogens (tertiary/aromatic N) is 4. The molecule has 0 unspecified atom stereocenters. The van der Waals surface area contributed by atoms with Gasteiger partial charge in [0, 0.05) is 43.6 Å². The summed E-state index contributed by atoms with van der Waals surface area (Å²) in [6.07, 6.45) is -2.67. The SMILES string of the molecule is CC(C)CC(=O)N1CCC(N(CC(C)C)c2ccc([C@H](C)CC(=O)O)cc2Nc2nc(C(F)(F)F)ns2)CC1. The topological polar surface area (TPSA) is 98.7 Å². The van der Waals surface area contributed by atoms with Crippen molar-refractivity contribution in [2.75, 3.05) is 29.9 Å². The van der Waals surface area contributed by atoms with E-state index in [1.54, 1.807) is 13.0 Å². The van der Waals surface area contributed by atoms with Gasteiger partial charge in [-0.1, -0.05) is 40.7 Å². The average Bonchev–Trinajstić information content (AvgIpc) is 3.31. The Morgan fingerprint density at radius 1 is 1.13 bits per heavy atom. The third kappa shape index (κ3) is 8.55. The number of hydrogen-bond acceptors (Lipinski definition) is 7. The third-order valence-electron chi connectivity index (χ3n) is 6.70. The number of aliphatic carboxylic acids is 1. The Labute approximate surface area is 231 Å². The van der Waals surface area contributed by atoms with Crippen molar-refractivity contribution < 1.29 is 27.9 Å². The number of carbonyl (C=O) groups excluding carboxylic acids is 1. The minimum atomic E-state index is -4.65. The Hall–Kier alpha value is -2.89. The smallest absolute Gasteiger partial charge is 0.452 e. The molecular weight excluding hydrogens is 531 g/mol. The zero-order valence-corrected chi connectivity index (χ0v) is 23.9. The zero-order valence-electron chi connectivity index (χ0n) is 23.1. The number of aromatic nitrogens is 2. The van der Waals surface area contributed by atoms with Gasteiger partial charge in [-0.15, -0.1) is 0 Å². The van der Waals surface area contributed by atoms with Crippen molar-refractivity contribution in [3.8, 4) is 0 Å². The number of carbonyl (C=O) groups is 2. The maximum Gasteiger partial charge on any atom is 0.452 e. The van der Waals surface area contributed by atoms with Crippen LogP contribution in [0.15, 0.2) is 18.2 Å². The largest absolute Gasteiger partial charge is 0.481 e. The average molecular weight is 570 g/mol. The molecule has 1 aliphatic heterocycles. The number of anilines is 3. The molecule has 8 nitrogen and oxygen atoms in total. The standard InChI is InChI=1S/C27H38F3N5O3S/c1-16(2)12-23(36)34-10-8-20(9-11-34)35(15-17(3)4)22-7-6-19(18(5)13-24(37)38)14-21(22)31-26-32-25(33-39-26)27(28,29)30/h6-7,14,16-18,20H,8-13,15H2,1-5H3,(H,37,38)(H,31,32,33)/t18-/m1/s1. The normalized spacial score (nSPS) is 15.6. The Kier molecular flexibility index (Phi) is 10.2. The number of halogens is 3. The zero-order chi connectivity index (χ0) is 28.9. The van der Waals surface area contributed by atoms with Crippen LogP contribution < -0.4 is 10.2 Å². The van der Waals surface area contributed by atoms with Crippen LogP contribution in [-0.2, 0) is 15.8 Å². The van der Waals surface area contributed by atoms with E-state index in [1.165, 1.54) is 0 Å². The van der Waals surface area contributed by atoms with Crippen molar-refractivity contribution in [2.24, 2.45) is 11.8 Å². The van der Waals surface area contributed by atoms with E-state index < -0.39 is 18.0 Å². The summed E-state index contributed by atoms with van der Waals surface area (Å²) in [5.41, 5.74) is 2.10. The number of rotatable bonds is 11. The van der Waals surface area contributed by atoms with E-state index in [4.69, 9.17) is 0 Å². The molecule has 1 aromatic carbocycles. The van der Waals surface area contributed by atoms with Gasteiger partial charge in [0.2, 0.25) is 16.9 Å². The Balaban J connectivity index is 1.94. The van der Waals surface area contributed by atoms with Crippen molar-refractivity contribution in [3.63, 3.8) is 0 Å². The van der Waals surface area contributed by atoms with E-state index in [0.29, 0.717) is 55.1 Å². The number of hydrogen-bond donors (Lipinski definition) is 2. The molecule has 0 bridgehead atoms. The fourth-order valence-corrected chi connectivity index (χ4v) is 5.44. The molecule has 2 heterocycles. The summed E-state index contributed by atoms with van der Waals surface area (Å²) in [4.78, 5) is 31.7. The predicted molar refractivity (Wildman–Crippen MR) is 147 cm³/mol. The molecule has 1 atom stereocenters. The molecule has 1 fully saturated rings. The van der Waals surface area contributed by atoms with E-state index in [9.17, 15) is 27.9 Å². The minimum Gasteiger partial charge on any atom is -0.481 e. The fraction of sp³-hybridized carbons (Fsp3) is 0.630. The van der Waals surface area contributed by atoms with Gasteiger partial charge in [-0.25, -0.2) is 0 Å². The molecule has 0 aliphatic carbocycles. The molecule has 0 saturated carbocycles. The molecule has 0 spiro atoms. The van der Waals surface area contributed by atoms with Crippen LogP contribution in [0.3, 0.4) is 0 Å². The Morgan fingerprint density at radius 3 is 2.33 bits per heavy atom. The lowest BCUT2D eigenvalue weighted by atomic mass is 9.95. The summed E-state index contributed by atoms with van der Waals surface area (Å²) >= 11 is 0.625. The molecule has 2 N–H and O–H groups in total. The fourth-order valence-electron chi connectivity index (χ4n) is 4.84. The number of alkyl halides is 3. The van der Waals surface area contributed by atoms with Crippen LogP contribution in [0, 0.1) is 11.8 Å². The van der Waals surface area contributed by atoms with E-state index in [-0.39, 0.29) is 29.4 Å². The van der Waals surface area contributed by atoms with E-state index in [0.717, 1.165) is 24.1 Å². The van der Waals surface area contributed by atoms with Gasteiger partial charge in [-0.3, -0.25) is 9.59 Å². The first-order valence-electron chi connectivity index (χ1n) is 13.3. The summed E-state index contributed by atoms with van der Waals surface area (Å²) < 4.78 is 42.9. The van der Waals surface area contributed by atoms with Crippen LogP contribution >= 0.6 is 11.5 Å². The van der Waals surface area contributed by atoms with Gasteiger partial charge in [0.1, 0.15) is 0 Å². The minimum absolute atomic E-state index is 0.00483. The van der Waals surface area contributed by atoms with E-state index in [1.807, 2.05) is 30.9 Å². The maximum absolute atomic E-state index is 13.1. The maximum atomic E-state index is 13.1. The molecule has 2 aromatic rings. The molecule has 12 heteroatoms. The first kappa shape index (κ1) is 30.6. The van der Waals surface area contributed by atoms with Crippen molar-refractivity contribution in [1.29, 1.82) is 0 Å². The van der Waals surface area contributed by atoms with Gasteiger partial charge in [0.15, 0.2) is 0 Å². The van der Waals surface area contributed by atoms with Crippen molar-refractivity contribution in [2.45, 2.75) is 78.4 Å². The van der Waals surface area contributed by atoms with Crippen LogP contribution in [0.4, 0.5) is 29.7 Å². The van der Waals surface area contributed by atoms with Crippen LogP contribution in [0.25, 0.3) is 0 Å². The molecule has 3 rings (SSSR count). The molecule has 1 aliphatic rings. The number of nitrogens with one attached hydrogen (secondary N) is 1. The number of benzene rings is 1.